The lowest BCUT2D eigenvalue weighted by Crippen LogP contribution is -2.46. The fourth-order valence-electron chi connectivity index (χ4n) is 1.56. The van der Waals surface area contributed by atoms with Crippen molar-refractivity contribution < 1.29 is 19.4 Å². The van der Waals surface area contributed by atoms with E-state index in [-0.39, 0.29) is 24.1 Å². The van der Waals surface area contributed by atoms with Crippen molar-refractivity contribution in [1.29, 1.82) is 0 Å². The second-order valence-electron chi connectivity index (χ2n) is 4.92. The molecule has 1 aromatic carbocycles. The van der Waals surface area contributed by atoms with E-state index in [0.29, 0.717) is 11.4 Å². The fourth-order valence-corrected chi connectivity index (χ4v) is 1.56. The molecule has 1 rings (SSSR count). The van der Waals surface area contributed by atoms with Crippen LogP contribution in [0.2, 0.25) is 0 Å². The maximum absolute atomic E-state index is 11.7. The molecule has 0 spiro atoms. The Morgan fingerprint density at radius 1 is 1.38 bits per heavy atom. The quantitative estimate of drug-likeness (QED) is 0.608. The van der Waals surface area contributed by atoms with E-state index in [9.17, 15) is 14.7 Å². The minimum atomic E-state index is -0.650. The summed E-state index contributed by atoms with van der Waals surface area (Å²) in [6, 6.07) is 3.82. The number of carbonyl (C=O) groups excluding carboxylic acids is 2. The summed E-state index contributed by atoms with van der Waals surface area (Å²) in [4.78, 5) is 23.3. The number of rotatable bonds is 6. The van der Waals surface area contributed by atoms with Gasteiger partial charge >= 0.3 is 0 Å². The van der Waals surface area contributed by atoms with Gasteiger partial charge in [-0.25, -0.2) is 0 Å². The molecule has 2 amide bonds. The Balaban J connectivity index is 2.51. The first-order valence-electron chi connectivity index (χ1n) is 6.55. The number of benzene rings is 1. The monoisotopic (exact) mass is 295 g/mol. The third-order valence-corrected chi connectivity index (χ3v) is 2.91. The van der Waals surface area contributed by atoms with Crippen LogP contribution in [0.25, 0.3) is 0 Å². The summed E-state index contributed by atoms with van der Waals surface area (Å²) in [5, 5.41) is 14.6. The van der Waals surface area contributed by atoms with Gasteiger partial charge in [-0.05, 0) is 18.1 Å². The third-order valence-electron chi connectivity index (χ3n) is 2.91. The summed E-state index contributed by atoms with van der Waals surface area (Å²) in [6.07, 6.45) is 0. The number of hydrogen-bond acceptors (Lipinski definition) is 5. The van der Waals surface area contributed by atoms with Crippen LogP contribution in [0.3, 0.4) is 0 Å². The van der Waals surface area contributed by atoms with E-state index in [2.05, 4.69) is 10.6 Å². The Morgan fingerprint density at radius 2 is 2.05 bits per heavy atom. The average molecular weight is 295 g/mol. The summed E-state index contributed by atoms with van der Waals surface area (Å²) in [6.45, 7) is 3.46. The van der Waals surface area contributed by atoms with E-state index in [4.69, 9.17) is 10.5 Å². The van der Waals surface area contributed by atoms with Gasteiger partial charge in [-0.3, -0.25) is 9.59 Å². The summed E-state index contributed by atoms with van der Waals surface area (Å²) in [7, 11) is 1.43. The van der Waals surface area contributed by atoms with Gasteiger partial charge in [0.25, 0.3) is 0 Å². The number of nitrogens with one attached hydrogen (secondary N) is 2. The zero-order valence-electron chi connectivity index (χ0n) is 12.3. The number of hydrogen-bond donors (Lipinski definition) is 4. The number of phenolic OH excluding ortho intramolecular Hbond substituents is 1. The molecular weight excluding hydrogens is 274 g/mol. The molecule has 0 heterocycles. The molecule has 0 aliphatic rings. The van der Waals surface area contributed by atoms with E-state index in [1.807, 2.05) is 13.8 Å². The molecule has 0 saturated carbocycles. The second kappa shape index (κ2) is 7.49. The lowest BCUT2D eigenvalue weighted by Gasteiger charge is -2.15. The van der Waals surface area contributed by atoms with Crippen molar-refractivity contribution >= 4 is 17.5 Å². The van der Waals surface area contributed by atoms with Crippen LogP contribution in [0.5, 0.6) is 11.5 Å². The molecule has 21 heavy (non-hydrogen) atoms. The molecule has 0 bridgehead atoms. The molecule has 0 aliphatic heterocycles. The van der Waals surface area contributed by atoms with Crippen molar-refractivity contribution in [3.8, 4) is 11.5 Å². The molecule has 0 aliphatic carbocycles. The van der Waals surface area contributed by atoms with Gasteiger partial charge in [0, 0.05) is 11.8 Å². The molecule has 0 unspecified atom stereocenters. The smallest absolute Gasteiger partial charge is 0.243 e. The van der Waals surface area contributed by atoms with Crippen molar-refractivity contribution in [1.82, 2.24) is 5.32 Å². The molecule has 0 radical (unpaired) electrons. The zero-order chi connectivity index (χ0) is 16.0. The van der Waals surface area contributed by atoms with E-state index in [1.165, 1.54) is 19.2 Å². The van der Waals surface area contributed by atoms with Crippen LogP contribution < -0.4 is 21.1 Å². The lowest BCUT2D eigenvalue weighted by molar-refractivity contribution is -0.125. The van der Waals surface area contributed by atoms with Gasteiger partial charge in [0.05, 0.1) is 19.7 Å². The molecule has 5 N–H and O–H groups in total. The van der Waals surface area contributed by atoms with Gasteiger partial charge in [-0.15, -0.1) is 0 Å². The van der Waals surface area contributed by atoms with Crippen LogP contribution in [-0.2, 0) is 9.59 Å². The number of phenols is 1. The first-order chi connectivity index (χ1) is 9.85. The molecule has 0 aromatic heterocycles. The highest BCUT2D eigenvalue weighted by molar-refractivity contribution is 5.95. The summed E-state index contributed by atoms with van der Waals surface area (Å²) < 4.78 is 4.90. The molecule has 0 saturated heterocycles. The van der Waals surface area contributed by atoms with Crippen molar-refractivity contribution in [3.63, 3.8) is 0 Å². The van der Waals surface area contributed by atoms with Crippen molar-refractivity contribution in [3.05, 3.63) is 18.2 Å². The van der Waals surface area contributed by atoms with Crippen molar-refractivity contribution in [2.45, 2.75) is 19.9 Å². The number of aromatic hydroxyl groups is 1. The largest absolute Gasteiger partial charge is 0.504 e. The first kappa shape index (κ1) is 16.8. The highest BCUT2D eigenvalue weighted by atomic mass is 16.5. The normalized spacial score (nSPS) is 11.9. The number of carbonyl (C=O) groups is 2. The molecule has 116 valence electrons. The van der Waals surface area contributed by atoms with E-state index in [0.717, 1.165) is 0 Å². The van der Waals surface area contributed by atoms with E-state index >= 15 is 0 Å². The molecule has 0 fully saturated rings. The van der Waals surface area contributed by atoms with Crippen LogP contribution in [0.4, 0.5) is 5.69 Å². The van der Waals surface area contributed by atoms with Crippen LogP contribution >= 0.6 is 0 Å². The second-order valence-corrected chi connectivity index (χ2v) is 4.92. The van der Waals surface area contributed by atoms with Gasteiger partial charge in [0.1, 0.15) is 0 Å². The predicted molar refractivity (Wildman–Crippen MR) is 79.1 cm³/mol. The minimum absolute atomic E-state index is 0.00778. The summed E-state index contributed by atoms with van der Waals surface area (Å²) >= 11 is 0. The average Bonchev–Trinajstić information content (AvgIpc) is 2.44. The molecule has 1 atom stereocenters. The Bertz CT molecular complexity index is 517. The SMILES string of the molecule is COc1ccc(NC(=O)CNC(=O)[C@@H](N)C(C)C)cc1O. The van der Waals surface area contributed by atoms with E-state index < -0.39 is 11.9 Å². The number of amides is 2. The van der Waals surface area contributed by atoms with Gasteiger partial charge in [0.15, 0.2) is 11.5 Å². The maximum atomic E-state index is 11.7. The van der Waals surface area contributed by atoms with E-state index in [1.54, 1.807) is 6.07 Å². The maximum Gasteiger partial charge on any atom is 0.243 e. The van der Waals surface area contributed by atoms with Gasteiger partial charge < -0.3 is 26.2 Å². The minimum Gasteiger partial charge on any atom is -0.504 e. The van der Waals surface area contributed by atoms with Crippen LogP contribution in [0, 0.1) is 5.92 Å². The molecule has 7 nitrogen and oxygen atoms in total. The Morgan fingerprint density at radius 3 is 2.57 bits per heavy atom. The van der Waals surface area contributed by atoms with Crippen LogP contribution in [-0.4, -0.2) is 36.6 Å². The fraction of sp³-hybridized carbons (Fsp3) is 0.429. The number of anilines is 1. The van der Waals surface area contributed by atoms with Gasteiger partial charge in [-0.1, -0.05) is 13.8 Å². The van der Waals surface area contributed by atoms with Crippen LogP contribution in [0.15, 0.2) is 18.2 Å². The van der Waals surface area contributed by atoms with Crippen molar-refractivity contribution in [2.75, 3.05) is 19.0 Å². The Hall–Kier alpha value is -2.28. The summed E-state index contributed by atoms with van der Waals surface area (Å²) in [5.41, 5.74) is 6.06. The van der Waals surface area contributed by atoms with Gasteiger partial charge in [0.2, 0.25) is 11.8 Å². The Kier molecular flexibility index (Phi) is 5.98. The van der Waals surface area contributed by atoms with Crippen LogP contribution in [0.1, 0.15) is 13.8 Å². The number of methoxy groups -OCH3 is 1. The van der Waals surface area contributed by atoms with Gasteiger partial charge in [-0.2, -0.15) is 0 Å². The standard InChI is InChI=1S/C14H21N3O4/c1-8(2)13(15)14(20)16-7-12(19)17-9-4-5-11(21-3)10(18)6-9/h4-6,8,13,18H,7,15H2,1-3H3,(H,16,20)(H,17,19)/t13-/m0/s1. The highest BCUT2D eigenvalue weighted by Crippen LogP contribution is 2.28. The Labute approximate surface area is 123 Å². The number of nitrogens with two attached hydrogens (primary N) is 1. The lowest BCUT2D eigenvalue weighted by atomic mass is 10.1. The highest BCUT2D eigenvalue weighted by Gasteiger charge is 2.17. The zero-order valence-corrected chi connectivity index (χ0v) is 12.3. The predicted octanol–water partition coefficient (Wildman–Crippen LogP) is 0.439. The van der Waals surface area contributed by atoms with Crippen molar-refractivity contribution in [2.24, 2.45) is 11.7 Å². The molecular formula is C14H21N3O4. The molecule has 1 aromatic rings. The molecule has 7 heteroatoms. The third kappa shape index (κ3) is 4.96. The topological polar surface area (TPSA) is 114 Å². The number of ether oxygens (including phenoxy) is 1. The first-order valence-corrected chi connectivity index (χ1v) is 6.55. The summed E-state index contributed by atoms with van der Waals surface area (Å²) in [5.74, 6) is -0.571.